The van der Waals surface area contributed by atoms with Crippen molar-refractivity contribution in [2.45, 2.75) is 79.6 Å². The molecule has 0 aliphatic heterocycles. The summed E-state index contributed by atoms with van der Waals surface area (Å²) in [7, 11) is -3.09. The van der Waals surface area contributed by atoms with Gasteiger partial charge in [-0.25, -0.2) is 9.34 Å². The number of hydrogen-bond donors (Lipinski definition) is 0. The largest absolute Gasteiger partial charge is 0.347 e. The lowest BCUT2D eigenvalue weighted by molar-refractivity contribution is 0.156. The van der Waals surface area contributed by atoms with Crippen molar-refractivity contribution in [3.8, 4) is 0 Å². The molecule has 0 bridgehead atoms. The normalized spacial score (nSPS) is 13.5. The molecule has 0 heterocycles. The first kappa shape index (κ1) is 19.9. The number of rotatable bonds is 9. The van der Waals surface area contributed by atoms with Gasteiger partial charge in [-0.2, -0.15) is 0 Å². The quantitative estimate of drug-likeness (QED) is 0.462. The van der Waals surface area contributed by atoms with Crippen LogP contribution in [0.1, 0.15) is 55.4 Å². The lowest BCUT2D eigenvalue weighted by Gasteiger charge is -2.45. The van der Waals surface area contributed by atoms with Gasteiger partial charge < -0.3 is 4.52 Å². The molecular weight excluding hydrogens is 271 g/mol. The molecule has 0 N–H and O–H groups in total. The lowest BCUT2D eigenvalue weighted by Crippen LogP contribution is -2.45. The summed E-state index contributed by atoms with van der Waals surface area (Å²) in [5.41, 5.74) is 0. The highest BCUT2D eigenvalue weighted by Gasteiger charge is 2.43. The molecule has 0 spiro atoms. The van der Waals surface area contributed by atoms with Crippen molar-refractivity contribution in [2.24, 2.45) is 0 Å². The zero-order valence-electron chi connectivity index (χ0n) is 14.5. The van der Waals surface area contributed by atoms with E-state index in [0.717, 1.165) is 0 Å². The summed E-state index contributed by atoms with van der Waals surface area (Å²) < 4.78 is 23.6. The average molecular weight is 304 g/mol. The molecule has 0 unspecified atom stereocenters. The van der Waals surface area contributed by atoms with Crippen molar-refractivity contribution in [1.29, 1.82) is 0 Å². The second-order valence-corrected chi connectivity index (χ2v) is 8.37. The second-order valence-electron chi connectivity index (χ2n) is 6.21. The van der Waals surface area contributed by atoms with Crippen LogP contribution in [-0.2, 0) is 9.09 Å². The van der Waals surface area contributed by atoms with Crippen LogP contribution in [0, 0.1) is 0 Å². The van der Waals surface area contributed by atoms with E-state index in [4.69, 9.17) is 4.52 Å². The van der Waals surface area contributed by atoms with E-state index in [9.17, 15) is 4.57 Å². The van der Waals surface area contributed by atoms with Crippen molar-refractivity contribution in [2.75, 3.05) is 6.61 Å². The predicted molar refractivity (Wildman–Crippen MR) is 88.0 cm³/mol. The van der Waals surface area contributed by atoms with E-state index in [1.54, 1.807) is 6.08 Å². The minimum absolute atomic E-state index is 0.144. The van der Waals surface area contributed by atoms with E-state index >= 15 is 0 Å². The third-order valence-corrected chi connectivity index (χ3v) is 6.56. The molecule has 0 aliphatic carbocycles. The average Bonchev–Trinajstić information content (AvgIpc) is 2.23. The topological polar surface area (TPSA) is 32.8 Å². The van der Waals surface area contributed by atoms with Crippen LogP contribution in [-0.4, -0.2) is 40.1 Å². The molecule has 0 atom stereocenters. The maximum absolute atomic E-state index is 13.7. The first-order valence-electron chi connectivity index (χ1n) is 7.52. The van der Waals surface area contributed by atoms with Crippen LogP contribution in [0.2, 0.25) is 0 Å². The maximum Gasteiger partial charge on any atom is 0.347 e. The fraction of sp³-hybridized carbons (Fsp3) is 0.867. The molecule has 120 valence electrons. The zero-order chi connectivity index (χ0) is 16.1. The third kappa shape index (κ3) is 4.70. The molecule has 0 saturated heterocycles. The van der Waals surface area contributed by atoms with Crippen molar-refractivity contribution < 1.29 is 9.09 Å². The molecule has 0 rings (SSSR count). The molecule has 0 radical (unpaired) electrons. The van der Waals surface area contributed by atoms with Gasteiger partial charge in [0.15, 0.2) is 0 Å². The zero-order valence-corrected chi connectivity index (χ0v) is 15.4. The molecule has 4 nitrogen and oxygen atoms in total. The van der Waals surface area contributed by atoms with Gasteiger partial charge in [0.1, 0.15) is 0 Å². The molecule has 0 fully saturated rings. The van der Waals surface area contributed by atoms with Gasteiger partial charge in [-0.15, -0.1) is 6.58 Å². The van der Waals surface area contributed by atoms with Gasteiger partial charge in [-0.1, -0.05) is 6.08 Å². The fourth-order valence-corrected chi connectivity index (χ4v) is 5.90. The summed E-state index contributed by atoms with van der Waals surface area (Å²) in [6.45, 7) is 20.4. The van der Waals surface area contributed by atoms with Crippen LogP contribution in [0.5, 0.6) is 0 Å². The van der Waals surface area contributed by atoms with Crippen LogP contribution in [0.25, 0.3) is 0 Å². The lowest BCUT2D eigenvalue weighted by atomic mass is 10.3. The maximum atomic E-state index is 13.7. The molecule has 0 aromatic heterocycles. The van der Waals surface area contributed by atoms with E-state index in [0.29, 0.717) is 6.61 Å². The second kappa shape index (κ2) is 8.33. The first-order chi connectivity index (χ1) is 9.09. The van der Waals surface area contributed by atoms with Crippen LogP contribution >= 0.6 is 7.67 Å². The summed E-state index contributed by atoms with van der Waals surface area (Å²) in [5, 5.41) is 0. The Morgan fingerprint density at radius 2 is 1.20 bits per heavy atom. The van der Waals surface area contributed by atoms with E-state index in [1.165, 1.54) is 0 Å². The number of hydrogen-bond acceptors (Lipinski definition) is 2. The molecule has 5 heteroatoms. The van der Waals surface area contributed by atoms with Crippen LogP contribution in [0.3, 0.4) is 0 Å². The predicted octanol–water partition coefficient (Wildman–Crippen LogP) is 4.53. The summed E-state index contributed by atoms with van der Waals surface area (Å²) in [6, 6.07) is 0.576. The molecular formula is C15H33N2O2P. The van der Waals surface area contributed by atoms with Gasteiger partial charge >= 0.3 is 7.67 Å². The smallest absolute Gasteiger partial charge is 0.302 e. The van der Waals surface area contributed by atoms with Crippen LogP contribution in [0.15, 0.2) is 12.7 Å². The minimum atomic E-state index is -3.09. The Bertz CT molecular complexity index is 301. The molecule has 0 amide bonds. The first-order valence-corrected chi connectivity index (χ1v) is 9.05. The fourth-order valence-electron chi connectivity index (χ4n) is 2.76. The Morgan fingerprint density at radius 3 is 1.40 bits per heavy atom. The van der Waals surface area contributed by atoms with Crippen molar-refractivity contribution in [3.63, 3.8) is 0 Å². The Hall–Kier alpha value is -0.150. The third-order valence-electron chi connectivity index (χ3n) is 3.06. The summed E-state index contributed by atoms with van der Waals surface area (Å²) in [6.07, 6.45) is 1.66. The Kier molecular flexibility index (Phi) is 8.27. The van der Waals surface area contributed by atoms with Crippen LogP contribution in [0.4, 0.5) is 0 Å². The van der Waals surface area contributed by atoms with Gasteiger partial charge in [0.05, 0.1) is 6.61 Å². The Labute approximate surface area is 125 Å². The van der Waals surface area contributed by atoms with Gasteiger partial charge in [0, 0.05) is 24.2 Å². The summed E-state index contributed by atoms with van der Waals surface area (Å²) in [4.78, 5) is 0. The Morgan fingerprint density at radius 1 is 0.900 bits per heavy atom. The SMILES string of the molecule is C=CCOP(=O)(N(C(C)C)C(C)C)N(C(C)C)C(C)C. The van der Waals surface area contributed by atoms with E-state index in [2.05, 4.69) is 62.0 Å². The van der Waals surface area contributed by atoms with E-state index in [1.807, 2.05) is 9.34 Å². The van der Waals surface area contributed by atoms with E-state index < -0.39 is 7.67 Å². The summed E-state index contributed by atoms with van der Waals surface area (Å²) in [5.74, 6) is 0. The molecule has 0 aromatic rings. The molecule has 0 aliphatic rings. The Balaban J connectivity index is 5.79. The van der Waals surface area contributed by atoms with Crippen LogP contribution < -0.4 is 0 Å². The monoisotopic (exact) mass is 304 g/mol. The molecule has 0 aromatic carbocycles. The van der Waals surface area contributed by atoms with Crippen molar-refractivity contribution >= 4 is 7.67 Å². The van der Waals surface area contributed by atoms with Gasteiger partial charge in [0.2, 0.25) is 0 Å². The standard InChI is InChI=1S/C15H33N2O2P/c1-10-11-19-20(18,16(12(2)3)13(4)5)17(14(6)7)15(8)9/h10,12-15H,1,11H2,2-9H3. The molecule has 20 heavy (non-hydrogen) atoms. The van der Waals surface area contributed by atoms with Gasteiger partial charge in [-0.3, -0.25) is 4.57 Å². The van der Waals surface area contributed by atoms with Crippen molar-refractivity contribution in [3.05, 3.63) is 12.7 Å². The van der Waals surface area contributed by atoms with E-state index in [-0.39, 0.29) is 24.2 Å². The highest BCUT2D eigenvalue weighted by atomic mass is 31.2. The summed E-state index contributed by atoms with van der Waals surface area (Å²) >= 11 is 0. The van der Waals surface area contributed by atoms with Crippen molar-refractivity contribution in [1.82, 2.24) is 9.34 Å². The highest BCUT2D eigenvalue weighted by molar-refractivity contribution is 7.54. The highest BCUT2D eigenvalue weighted by Crippen LogP contribution is 2.58. The van der Waals surface area contributed by atoms with Gasteiger partial charge in [0.25, 0.3) is 0 Å². The minimum Gasteiger partial charge on any atom is -0.302 e. The molecule has 0 saturated carbocycles. The number of nitrogens with zero attached hydrogens (tertiary/aromatic N) is 2. The van der Waals surface area contributed by atoms with Gasteiger partial charge in [-0.05, 0) is 55.4 Å².